The summed E-state index contributed by atoms with van der Waals surface area (Å²) >= 11 is 18.4. The summed E-state index contributed by atoms with van der Waals surface area (Å²) in [7, 11) is 0. The largest absolute Gasteiger partial charge is 0.487 e. The SMILES string of the molecule is CC(C(=O)O)c1coc2c(Cl)c(OCc3ccc(Cl)cc3Cl)ccc12. The van der Waals surface area contributed by atoms with Crippen molar-refractivity contribution >= 4 is 51.7 Å². The van der Waals surface area contributed by atoms with E-state index in [0.717, 1.165) is 5.56 Å². The van der Waals surface area contributed by atoms with Crippen molar-refractivity contribution in [1.82, 2.24) is 0 Å². The number of furan rings is 1. The van der Waals surface area contributed by atoms with E-state index in [0.29, 0.717) is 32.3 Å². The van der Waals surface area contributed by atoms with Crippen LogP contribution in [0.1, 0.15) is 24.0 Å². The molecule has 1 heterocycles. The Morgan fingerprint density at radius 2 is 2.00 bits per heavy atom. The lowest BCUT2D eigenvalue weighted by molar-refractivity contribution is -0.138. The van der Waals surface area contributed by atoms with Gasteiger partial charge in [0.2, 0.25) is 0 Å². The number of halogens is 3. The van der Waals surface area contributed by atoms with Gasteiger partial charge in [0.05, 0.1) is 12.2 Å². The lowest BCUT2D eigenvalue weighted by Crippen LogP contribution is -2.06. The molecule has 3 rings (SSSR count). The van der Waals surface area contributed by atoms with Gasteiger partial charge in [0.25, 0.3) is 0 Å². The summed E-state index contributed by atoms with van der Waals surface area (Å²) in [6, 6.07) is 8.55. The summed E-state index contributed by atoms with van der Waals surface area (Å²) in [6.45, 7) is 1.80. The van der Waals surface area contributed by atoms with Gasteiger partial charge in [-0.05, 0) is 31.2 Å². The number of carboxylic acids is 1. The maximum Gasteiger partial charge on any atom is 0.310 e. The van der Waals surface area contributed by atoms with E-state index in [1.807, 2.05) is 0 Å². The van der Waals surface area contributed by atoms with Crippen LogP contribution in [-0.4, -0.2) is 11.1 Å². The van der Waals surface area contributed by atoms with Gasteiger partial charge in [-0.2, -0.15) is 0 Å². The zero-order chi connectivity index (χ0) is 18.1. The lowest BCUT2D eigenvalue weighted by Gasteiger charge is -2.10. The highest BCUT2D eigenvalue weighted by molar-refractivity contribution is 6.36. The summed E-state index contributed by atoms with van der Waals surface area (Å²) in [5, 5.41) is 11.2. The molecule has 3 aromatic rings. The molecule has 0 saturated carbocycles. The van der Waals surface area contributed by atoms with Crippen LogP contribution in [0.2, 0.25) is 15.1 Å². The van der Waals surface area contributed by atoms with Crippen LogP contribution in [0.5, 0.6) is 5.75 Å². The van der Waals surface area contributed by atoms with Gasteiger partial charge in [0.1, 0.15) is 17.4 Å². The molecule has 0 bridgehead atoms. The average molecular weight is 400 g/mol. The van der Waals surface area contributed by atoms with Crippen molar-refractivity contribution in [3.8, 4) is 5.75 Å². The van der Waals surface area contributed by atoms with Gasteiger partial charge in [-0.15, -0.1) is 0 Å². The average Bonchev–Trinajstić information content (AvgIpc) is 2.99. The summed E-state index contributed by atoms with van der Waals surface area (Å²) in [4.78, 5) is 11.2. The Balaban J connectivity index is 1.88. The van der Waals surface area contributed by atoms with E-state index in [1.165, 1.54) is 6.26 Å². The van der Waals surface area contributed by atoms with Crippen molar-refractivity contribution in [3.63, 3.8) is 0 Å². The van der Waals surface area contributed by atoms with Gasteiger partial charge < -0.3 is 14.3 Å². The van der Waals surface area contributed by atoms with Crippen molar-refractivity contribution in [3.05, 3.63) is 62.8 Å². The first-order valence-electron chi connectivity index (χ1n) is 7.37. The zero-order valence-corrected chi connectivity index (χ0v) is 15.3. The smallest absolute Gasteiger partial charge is 0.310 e. The number of hydrogen-bond acceptors (Lipinski definition) is 3. The van der Waals surface area contributed by atoms with Crippen LogP contribution in [0.4, 0.5) is 0 Å². The second-order valence-corrected chi connectivity index (χ2v) is 6.75. The molecule has 25 heavy (non-hydrogen) atoms. The number of rotatable bonds is 5. The Kier molecular flexibility index (Phi) is 5.13. The Morgan fingerprint density at radius 3 is 2.68 bits per heavy atom. The number of benzene rings is 2. The van der Waals surface area contributed by atoms with E-state index in [4.69, 9.17) is 44.0 Å². The molecule has 1 unspecified atom stereocenters. The van der Waals surface area contributed by atoms with Crippen molar-refractivity contribution < 1.29 is 19.1 Å². The highest BCUT2D eigenvalue weighted by atomic mass is 35.5. The van der Waals surface area contributed by atoms with Gasteiger partial charge in [-0.3, -0.25) is 4.79 Å². The van der Waals surface area contributed by atoms with Gasteiger partial charge in [0, 0.05) is 26.6 Å². The van der Waals surface area contributed by atoms with Crippen LogP contribution in [0, 0.1) is 0 Å². The molecule has 0 aliphatic heterocycles. The predicted molar refractivity (Wildman–Crippen MR) is 98.1 cm³/mol. The van der Waals surface area contributed by atoms with Crippen LogP contribution in [0.3, 0.4) is 0 Å². The van der Waals surface area contributed by atoms with E-state index in [-0.39, 0.29) is 11.6 Å². The quantitative estimate of drug-likeness (QED) is 0.558. The fourth-order valence-corrected chi connectivity index (χ4v) is 3.17. The maximum atomic E-state index is 11.2. The normalized spacial score (nSPS) is 12.3. The second kappa shape index (κ2) is 7.16. The van der Waals surface area contributed by atoms with Gasteiger partial charge in [-0.1, -0.05) is 40.9 Å². The highest BCUT2D eigenvalue weighted by Gasteiger charge is 2.21. The molecule has 4 nitrogen and oxygen atoms in total. The molecule has 0 spiro atoms. The van der Waals surface area contributed by atoms with Crippen LogP contribution in [0.25, 0.3) is 11.0 Å². The van der Waals surface area contributed by atoms with Crippen molar-refractivity contribution in [2.75, 3.05) is 0 Å². The Hall–Kier alpha value is -1.88. The Bertz CT molecular complexity index is 949. The Labute approximate surface area is 158 Å². The third-order valence-electron chi connectivity index (χ3n) is 3.91. The summed E-state index contributed by atoms with van der Waals surface area (Å²) in [5.74, 6) is -1.21. The first-order chi connectivity index (χ1) is 11.9. The van der Waals surface area contributed by atoms with Crippen molar-refractivity contribution in [2.24, 2.45) is 0 Å². The van der Waals surface area contributed by atoms with Crippen molar-refractivity contribution in [2.45, 2.75) is 19.4 Å². The van der Waals surface area contributed by atoms with Crippen LogP contribution in [-0.2, 0) is 11.4 Å². The number of ether oxygens (including phenoxy) is 1. The lowest BCUT2D eigenvalue weighted by atomic mass is 10.0. The van der Waals surface area contributed by atoms with Gasteiger partial charge in [-0.25, -0.2) is 0 Å². The molecule has 1 N–H and O–H groups in total. The molecule has 1 aromatic heterocycles. The van der Waals surface area contributed by atoms with E-state index < -0.39 is 11.9 Å². The molecular formula is C18H13Cl3O4. The number of aliphatic carboxylic acids is 1. The molecule has 0 fully saturated rings. The standard InChI is InChI=1S/C18H13Cl3O4/c1-9(18(22)23)13-8-25-17-12(13)4-5-15(16(17)21)24-7-10-2-3-11(19)6-14(10)20/h2-6,8-9H,7H2,1H3,(H,22,23). The number of fused-ring (bicyclic) bond motifs is 1. The van der Waals surface area contributed by atoms with Gasteiger partial charge >= 0.3 is 5.97 Å². The molecule has 0 radical (unpaired) electrons. The molecule has 0 aliphatic carbocycles. The Morgan fingerprint density at radius 1 is 1.24 bits per heavy atom. The first-order valence-corrected chi connectivity index (χ1v) is 8.51. The third-order valence-corrected chi connectivity index (χ3v) is 4.86. The summed E-state index contributed by atoms with van der Waals surface area (Å²) in [6.07, 6.45) is 1.41. The molecule has 7 heteroatoms. The summed E-state index contributed by atoms with van der Waals surface area (Å²) in [5.41, 5.74) is 1.73. The number of carbonyl (C=O) groups is 1. The third kappa shape index (κ3) is 3.56. The second-order valence-electron chi connectivity index (χ2n) is 5.53. The van der Waals surface area contributed by atoms with E-state index >= 15 is 0 Å². The minimum absolute atomic E-state index is 0.209. The monoisotopic (exact) mass is 398 g/mol. The molecule has 2 aromatic carbocycles. The first kappa shape index (κ1) is 17.9. The molecule has 130 valence electrons. The molecule has 0 saturated heterocycles. The van der Waals surface area contributed by atoms with E-state index in [2.05, 4.69) is 0 Å². The van der Waals surface area contributed by atoms with Crippen LogP contribution >= 0.6 is 34.8 Å². The molecular weight excluding hydrogens is 387 g/mol. The number of hydrogen-bond donors (Lipinski definition) is 1. The highest BCUT2D eigenvalue weighted by Crippen LogP contribution is 2.38. The topological polar surface area (TPSA) is 59.7 Å². The van der Waals surface area contributed by atoms with Crippen LogP contribution < -0.4 is 4.74 Å². The van der Waals surface area contributed by atoms with Crippen molar-refractivity contribution in [1.29, 1.82) is 0 Å². The maximum absolute atomic E-state index is 11.2. The van der Waals surface area contributed by atoms with Gasteiger partial charge in [0.15, 0.2) is 5.58 Å². The fraction of sp³-hybridized carbons (Fsp3) is 0.167. The fourth-order valence-electron chi connectivity index (χ4n) is 2.44. The number of carboxylic acid groups (broad SMARTS) is 1. The molecule has 1 atom stereocenters. The predicted octanol–water partition coefficient (Wildman–Crippen LogP) is 6.16. The molecule has 0 aliphatic rings. The minimum Gasteiger partial charge on any atom is -0.487 e. The minimum atomic E-state index is -0.934. The van der Waals surface area contributed by atoms with Crippen LogP contribution in [0.15, 0.2) is 41.0 Å². The van der Waals surface area contributed by atoms with E-state index in [9.17, 15) is 9.90 Å². The molecule has 0 amide bonds. The summed E-state index contributed by atoms with van der Waals surface area (Å²) < 4.78 is 11.2. The zero-order valence-electron chi connectivity index (χ0n) is 13.1. The van der Waals surface area contributed by atoms with E-state index in [1.54, 1.807) is 37.3 Å².